The molecule has 2 saturated heterocycles. The summed E-state index contributed by atoms with van der Waals surface area (Å²) in [5.41, 5.74) is 0. The Morgan fingerprint density at radius 2 is 2.28 bits per heavy atom. The maximum atomic E-state index is 11.7. The fourth-order valence-corrected chi connectivity index (χ4v) is 2.57. The predicted octanol–water partition coefficient (Wildman–Crippen LogP) is -0.800. The predicted molar refractivity (Wildman–Crippen MR) is 69.0 cm³/mol. The molecule has 0 aromatic rings. The molecule has 7 nitrogen and oxygen atoms in total. The minimum absolute atomic E-state index is 0.216. The molecule has 8 heteroatoms. The third-order valence-corrected chi connectivity index (χ3v) is 3.98. The molecule has 1 unspecified atom stereocenters. The summed E-state index contributed by atoms with van der Waals surface area (Å²) in [5.74, 6) is -0.332. The summed E-state index contributed by atoms with van der Waals surface area (Å²) in [4.78, 5) is 24.7. The summed E-state index contributed by atoms with van der Waals surface area (Å²) in [6.45, 7) is 1.64. The van der Waals surface area contributed by atoms with Gasteiger partial charge in [0, 0.05) is 13.0 Å². The van der Waals surface area contributed by atoms with Gasteiger partial charge in [-0.25, -0.2) is 4.79 Å². The number of imide groups is 1. The SMILES string of the molecule is CC1(I)CN([C@H]2C[C@H](O)[C@@H](CO)O2)C(=O)NC1=O. The summed E-state index contributed by atoms with van der Waals surface area (Å²) in [5, 5.41) is 20.9. The van der Waals surface area contributed by atoms with E-state index in [4.69, 9.17) is 9.84 Å². The van der Waals surface area contributed by atoms with Gasteiger partial charge in [-0.3, -0.25) is 15.0 Å². The molecule has 2 aliphatic heterocycles. The zero-order chi connectivity index (χ0) is 13.5. The topological polar surface area (TPSA) is 99.1 Å². The van der Waals surface area contributed by atoms with Crippen LogP contribution in [0, 0.1) is 0 Å². The van der Waals surface area contributed by atoms with Crippen molar-refractivity contribution < 1.29 is 24.5 Å². The highest BCUT2D eigenvalue weighted by Gasteiger charge is 2.46. The highest BCUT2D eigenvalue weighted by Crippen LogP contribution is 2.29. The average Bonchev–Trinajstić information content (AvgIpc) is 2.65. The smallest absolute Gasteiger partial charge is 0.326 e. The Kier molecular flexibility index (Phi) is 3.81. The molecule has 0 aromatic heterocycles. The van der Waals surface area contributed by atoms with Crippen LogP contribution in [0.15, 0.2) is 0 Å². The zero-order valence-electron chi connectivity index (χ0n) is 9.80. The Balaban J connectivity index is 2.10. The molecule has 2 rings (SSSR count). The summed E-state index contributed by atoms with van der Waals surface area (Å²) in [6, 6.07) is -0.523. The molecule has 102 valence electrons. The number of amides is 3. The molecule has 0 saturated carbocycles. The van der Waals surface area contributed by atoms with E-state index in [0.29, 0.717) is 0 Å². The number of alkyl halides is 1. The van der Waals surface area contributed by atoms with Crippen LogP contribution in [0.25, 0.3) is 0 Å². The van der Waals surface area contributed by atoms with Gasteiger partial charge in [0.05, 0.1) is 12.7 Å². The summed E-state index contributed by atoms with van der Waals surface area (Å²) in [6.07, 6.45) is -1.86. The molecule has 0 aliphatic carbocycles. The van der Waals surface area contributed by atoms with Gasteiger partial charge in [-0.2, -0.15) is 0 Å². The van der Waals surface area contributed by atoms with E-state index in [1.165, 1.54) is 4.90 Å². The van der Waals surface area contributed by atoms with Crippen molar-refractivity contribution in [2.45, 2.75) is 35.2 Å². The van der Waals surface area contributed by atoms with Gasteiger partial charge in [-0.05, 0) is 6.92 Å². The minimum atomic E-state index is -0.800. The monoisotopic (exact) mass is 370 g/mol. The number of aliphatic hydroxyl groups is 2. The van der Waals surface area contributed by atoms with Crippen LogP contribution in [-0.4, -0.2) is 62.1 Å². The van der Waals surface area contributed by atoms with Crippen LogP contribution in [0.5, 0.6) is 0 Å². The molecule has 0 radical (unpaired) electrons. The number of carbonyl (C=O) groups excluding carboxylic acids is 2. The number of urea groups is 1. The molecule has 0 bridgehead atoms. The van der Waals surface area contributed by atoms with Crippen LogP contribution in [0.1, 0.15) is 13.3 Å². The lowest BCUT2D eigenvalue weighted by Crippen LogP contribution is -2.62. The first-order chi connectivity index (χ1) is 8.35. The van der Waals surface area contributed by atoms with Crippen LogP contribution < -0.4 is 5.32 Å². The molecular weight excluding hydrogens is 355 g/mol. The van der Waals surface area contributed by atoms with Gasteiger partial charge in [-0.15, -0.1) is 0 Å². The van der Waals surface area contributed by atoms with Crippen LogP contribution in [0.3, 0.4) is 0 Å². The Labute approximate surface area is 118 Å². The lowest BCUT2D eigenvalue weighted by Gasteiger charge is -2.38. The van der Waals surface area contributed by atoms with Gasteiger partial charge in [-0.1, -0.05) is 22.6 Å². The first kappa shape index (κ1) is 14.0. The second kappa shape index (κ2) is 4.91. The maximum Gasteiger partial charge on any atom is 0.326 e. The Bertz CT molecular complexity index is 375. The van der Waals surface area contributed by atoms with Crippen molar-refractivity contribution in [1.29, 1.82) is 0 Å². The second-order valence-corrected chi connectivity index (χ2v) is 7.08. The highest BCUT2D eigenvalue weighted by atomic mass is 127. The third-order valence-electron chi connectivity index (χ3n) is 3.15. The van der Waals surface area contributed by atoms with E-state index in [2.05, 4.69) is 5.32 Å². The highest BCUT2D eigenvalue weighted by molar-refractivity contribution is 14.1. The van der Waals surface area contributed by atoms with Crippen molar-refractivity contribution in [3.05, 3.63) is 0 Å². The molecule has 2 heterocycles. The van der Waals surface area contributed by atoms with Gasteiger partial charge < -0.3 is 14.9 Å². The lowest BCUT2D eigenvalue weighted by molar-refractivity contribution is -0.126. The van der Waals surface area contributed by atoms with Gasteiger partial charge >= 0.3 is 6.03 Å². The number of hydrogen-bond donors (Lipinski definition) is 3. The van der Waals surface area contributed by atoms with Crippen molar-refractivity contribution >= 4 is 34.5 Å². The minimum Gasteiger partial charge on any atom is -0.394 e. The molecule has 3 N–H and O–H groups in total. The Morgan fingerprint density at radius 3 is 2.83 bits per heavy atom. The van der Waals surface area contributed by atoms with E-state index >= 15 is 0 Å². The van der Waals surface area contributed by atoms with E-state index in [-0.39, 0.29) is 25.5 Å². The molecule has 3 amide bonds. The normalized spacial score (nSPS) is 41.1. The Morgan fingerprint density at radius 1 is 1.61 bits per heavy atom. The summed E-state index contributed by atoms with van der Waals surface area (Å²) in [7, 11) is 0. The molecule has 4 atom stereocenters. The Hall–Kier alpha value is -0.450. The first-order valence-corrected chi connectivity index (χ1v) is 6.68. The number of hydrogen-bond acceptors (Lipinski definition) is 5. The van der Waals surface area contributed by atoms with E-state index < -0.39 is 27.9 Å². The summed E-state index contributed by atoms with van der Waals surface area (Å²) < 4.78 is 4.69. The number of nitrogens with zero attached hydrogens (tertiary/aromatic N) is 1. The number of ether oxygens (including phenoxy) is 1. The molecule has 18 heavy (non-hydrogen) atoms. The second-order valence-electron chi connectivity index (χ2n) is 4.70. The van der Waals surface area contributed by atoms with Crippen molar-refractivity contribution in [2.24, 2.45) is 0 Å². The molecule has 2 fully saturated rings. The van der Waals surface area contributed by atoms with Gasteiger partial charge in [0.1, 0.15) is 15.8 Å². The number of carbonyl (C=O) groups is 2. The maximum absolute atomic E-state index is 11.7. The zero-order valence-corrected chi connectivity index (χ0v) is 12.0. The van der Waals surface area contributed by atoms with Crippen LogP contribution in [-0.2, 0) is 9.53 Å². The fourth-order valence-electron chi connectivity index (χ4n) is 2.07. The van der Waals surface area contributed by atoms with Gasteiger partial charge in [0.2, 0.25) is 5.91 Å². The summed E-state index contributed by atoms with van der Waals surface area (Å²) >= 11 is 1.98. The quantitative estimate of drug-likeness (QED) is 0.437. The number of nitrogens with one attached hydrogen (secondary N) is 1. The first-order valence-electron chi connectivity index (χ1n) is 5.60. The number of rotatable bonds is 2. The van der Waals surface area contributed by atoms with Gasteiger partial charge in [0.15, 0.2) is 0 Å². The van der Waals surface area contributed by atoms with E-state index in [0.717, 1.165) is 0 Å². The van der Waals surface area contributed by atoms with E-state index in [9.17, 15) is 14.7 Å². The molecule has 0 spiro atoms. The lowest BCUT2D eigenvalue weighted by atomic mass is 10.1. The van der Waals surface area contributed by atoms with Crippen LogP contribution in [0.4, 0.5) is 4.79 Å². The average molecular weight is 370 g/mol. The molecule has 0 aromatic carbocycles. The standard InChI is InChI=1S/C10H15IN2O5/c1-10(11)4-13(9(17)12-8(10)16)7-2-5(15)6(3-14)18-7/h5-7,14-15H,2-4H2,1H3,(H,12,16,17)/t5-,6+,7+,10?/m0/s1. The van der Waals surface area contributed by atoms with Crippen molar-refractivity contribution in [3.8, 4) is 0 Å². The fraction of sp³-hybridized carbons (Fsp3) is 0.800. The van der Waals surface area contributed by atoms with Crippen molar-refractivity contribution in [1.82, 2.24) is 10.2 Å². The van der Waals surface area contributed by atoms with E-state index in [1.807, 2.05) is 22.6 Å². The van der Waals surface area contributed by atoms with Crippen LogP contribution in [0.2, 0.25) is 0 Å². The number of aliphatic hydroxyl groups excluding tert-OH is 2. The third kappa shape index (κ3) is 2.46. The largest absolute Gasteiger partial charge is 0.394 e. The molecular formula is C10H15IN2O5. The van der Waals surface area contributed by atoms with Crippen LogP contribution >= 0.6 is 22.6 Å². The van der Waals surface area contributed by atoms with Crippen molar-refractivity contribution in [2.75, 3.05) is 13.2 Å². The molecule has 2 aliphatic rings. The number of halogens is 1. The van der Waals surface area contributed by atoms with Crippen molar-refractivity contribution in [3.63, 3.8) is 0 Å². The van der Waals surface area contributed by atoms with E-state index in [1.54, 1.807) is 6.92 Å². The van der Waals surface area contributed by atoms with Gasteiger partial charge in [0.25, 0.3) is 0 Å².